The summed E-state index contributed by atoms with van der Waals surface area (Å²) < 4.78 is 5.43. The minimum Gasteiger partial charge on any atom is -0.497 e. The van der Waals surface area contributed by atoms with Gasteiger partial charge in [0.2, 0.25) is 0 Å². The average molecular weight is 476 g/mol. The lowest BCUT2D eigenvalue weighted by atomic mass is 9.68. The van der Waals surface area contributed by atoms with Gasteiger partial charge in [-0.05, 0) is 81.3 Å². The quantitative estimate of drug-likeness (QED) is 0.477. The zero-order valence-electron chi connectivity index (χ0n) is 21.7. The van der Waals surface area contributed by atoms with Crippen molar-refractivity contribution in [1.82, 2.24) is 14.7 Å². The van der Waals surface area contributed by atoms with Gasteiger partial charge in [0.15, 0.2) is 0 Å². The molecule has 0 radical (unpaired) electrons. The SMILES string of the molecule is CCN(C)[C@]1(c2ccccc2)CC[C@@]2(CC1)CN(Cc1cccc(OC)c1)C(=O)N2CC1CCC1. The fourth-order valence-electron chi connectivity index (χ4n) is 6.70. The van der Waals surface area contributed by atoms with Crippen molar-refractivity contribution < 1.29 is 9.53 Å². The third-order valence-electron chi connectivity index (χ3n) is 9.26. The van der Waals surface area contributed by atoms with Gasteiger partial charge in [0.1, 0.15) is 5.75 Å². The summed E-state index contributed by atoms with van der Waals surface area (Å²) in [6.45, 7) is 5.69. The number of rotatable bonds is 8. The maximum atomic E-state index is 13.8. The third-order valence-corrected chi connectivity index (χ3v) is 9.26. The third kappa shape index (κ3) is 4.44. The zero-order chi connectivity index (χ0) is 24.5. The molecule has 3 fully saturated rings. The number of urea groups is 1. The molecule has 0 N–H and O–H groups in total. The molecule has 0 unspecified atom stereocenters. The van der Waals surface area contributed by atoms with Crippen molar-refractivity contribution in [3.8, 4) is 5.75 Å². The topological polar surface area (TPSA) is 36.0 Å². The first-order valence-electron chi connectivity index (χ1n) is 13.5. The fourth-order valence-corrected chi connectivity index (χ4v) is 6.70. The van der Waals surface area contributed by atoms with E-state index in [0.717, 1.165) is 56.6 Å². The minimum absolute atomic E-state index is 0.0483. The van der Waals surface area contributed by atoms with E-state index in [4.69, 9.17) is 4.74 Å². The van der Waals surface area contributed by atoms with Crippen molar-refractivity contribution in [2.75, 3.05) is 33.8 Å². The van der Waals surface area contributed by atoms with Gasteiger partial charge in [0.05, 0.1) is 12.6 Å². The highest BCUT2D eigenvalue weighted by atomic mass is 16.5. The molecule has 0 aromatic heterocycles. The first-order valence-corrected chi connectivity index (χ1v) is 13.5. The first-order chi connectivity index (χ1) is 17.0. The van der Waals surface area contributed by atoms with Crippen LogP contribution in [0.5, 0.6) is 5.75 Å². The standard InChI is InChI=1S/C30H41N3O2/c1-4-31(2)30(26-13-6-5-7-14-26)18-16-29(17-19-30)23-32(21-25-12-9-15-27(20-25)35-3)28(34)33(29)22-24-10-8-11-24/h5-7,9,12-15,20,24H,4,8,10-11,16-19,21-23H2,1-3H3/t29-,30-. The average Bonchev–Trinajstić information content (AvgIpc) is 3.12. The minimum atomic E-state index is -0.0571. The first kappa shape index (κ1) is 24.2. The smallest absolute Gasteiger partial charge is 0.320 e. The molecule has 1 aliphatic heterocycles. The molecule has 1 heterocycles. The Morgan fingerprint density at radius 3 is 2.40 bits per heavy atom. The Hall–Kier alpha value is -2.53. The fraction of sp³-hybridized carbons (Fsp3) is 0.567. The number of hydrogen-bond acceptors (Lipinski definition) is 3. The molecule has 1 saturated heterocycles. The van der Waals surface area contributed by atoms with Crippen molar-refractivity contribution >= 4 is 6.03 Å². The van der Waals surface area contributed by atoms with Gasteiger partial charge in [-0.1, -0.05) is 55.8 Å². The molecule has 5 heteroatoms. The molecule has 2 amide bonds. The lowest BCUT2D eigenvalue weighted by Crippen LogP contribution is -2.57. The van der Waals surface area contributed by atoms with Gasteiger partial charge in [0, 0.05) is 25.2 Å². The summed E-state index contributed by atoms with van der Waals surface area (Å²) in [5.74, 6) is 1.52. The van der Waals surface area contributed by atoms with E-state index in [9.17, 15) is 4.79 Å². The number of carbonyl (C=O) groups is 1. The normalized spacial score (nSPS) is 27.0. The van der Waals surface area contributed by atoms with Crippen molar-refractivity contribution in [1.29, 1.82) is 0 Å². The largest absolute Gasteiger partial charge is 0.497 e. The van der Waals surface area contributed by atoms with Crippen LogP contribution in [0.15, 0.2) is 54.6 Å². The van der Waals surface area contributed by atoms with Crippen LogP contribution in [0.25, 0.3) is 0 Å². The Labute approximate surface area is 211 Å². The highest BCUT2D eigenvalue weighted by molar-refractivity contribution is 5.78. The van der Waals surface area contributed by atoms with E-state index in [1.807, 2.05) is 12.1 Å². The highest BCUT2D eigenvalue weighted by Crippen LogP contribution is 2.50. The van der Waals surface area contributed by atoms with Gasteiger partial charge >= 0.3 is 6.03 Å². The Bertz CT molecular complexity index is 1010. The van der Waals surface area contributed by atoms with Gasteiger partial charge in [-0.15, -0.1) is 0 Å². The molecule has 35 heavy (non-hydrogen) atoms. The van der Waals surface area contributed by atoms with Crippen LogP contribution in [0.4, 0.5) is 4.79 Å². The molecule has 2 aromatic rings. The molecule has 1 spiro atoms. The lowest BCUT2D eigenvalue weighted by molar-refractivity contribution is 0.00699. The Balaban J connectivity index is 1.40. The maximum absolute atomic E-state index is 13.8. The molecule has 3 aliphatic rings. The van der Waals surface area contributed by atoms with E-state index < -0.39 is 0 Å². The van der Waals surface area contributed by atoms with Gasteiger partial charge in [-0.25, -0.2) is 4.79 Å². The van der Waals surface area contributed by atoms with E-state index in [0.29, 0.717) is 12.5 Å². The number of methoxy groups -OCH3 is 1. The Kier molecular flexibility index (Phi) is 6.80. The highest BCUT2D eigenvalue weighted by Gasteiger charge is 2.55. The molecule has 5 nitrogen and oxygen atoms in total. The van der Waals surface area contributed by atoms with Crippen molar-refractivity contribution in [2.45, 2.75) is 69.5 Å². The van der Waals surface area contributed by atoms with Crippen LogP contribution in [-0.2, 0) is 12.1 Å². The summed E-state index contributed by atoms with van der Waals surface area (Å²) in [6, 6.07) is 19.4. The number of amides is 2. The summed E-state index contributed by atoms with van der Waals surface area (Å²) in [4.78, 5) is 20.8. The molecule has 2 aromatic carbocycles. The Morgan fingerprint density at radius 1 is 1.03 bits per heavy atom. The molecule has 2 aliphatic carbocycles. The van der Waals surface area contributed by atoms with Crippen LogP contribution in [0, 0.1) is 5.92 Å². The van der Waals surface area contributed by atoms with Crippen LogP contribution in [0.2, 0.25) is 0 Å². The lowest BCUT2D eigenvalue weighted by Gasteiger charge is -2.52. The number of benzene rings is 2. The van der Waals surface area contributed by atoms with Gasteiger partial charge < -0.3 is 14.5 Å². The van der Waals surface area contributed by atoms with E-state index in [1.54, 1.807) is 7.11 Å². The van der Waals surface area contributed by atoms with Crippen molar-refractivity contribution in [2.24, 2.45) is 5.92 Å². The van der Waals surface area contributed by atoms with Crippen LogP contribution in [0.1, 0.15) is 63.0 Å². The maximum Gasteiger partial charge on any atom is 0.320 e. The summed E-state index contributed by atoms with van der Waals surface area (Å²) in [7, 11) is 3.97. The van der Waals surface area contributed by atoms with Gasteiger partial charge in [-0.2, -0.15) is 0 Å². The second kappa shape index (κ2) is 9.85. The van der Waals surface area contributed by atoms with Crippen LogP contribution < -0.4 is 4.74 Å². The number of nitrogens with zero attached hydrogens (tertiary/aromatic N) is 3. The van der Waals surface area contributed by atoms with Crippen molar-refractivity contribution in [3.63, 3.8) is 0 Å². The molecular weight excluding hydrogens is 434 g/mol. The van der Waals surface area contributed by atoms with Gasteiger partial charge in [-0.3, -0.25) is 4.90 Å². The van der Waals surface area contributed by atoms with Crippen LogP contribution >= 0.6 is 0 Å². The summed E-state index contributed by atoms with van der Waals surface area (Å²) in [6.07, 6.45) is 8.13. The van der Waals surface area contributed by atoms with Crippen LogP contribution in [-0.4, -0.2) is 60.1 Å². The number of ether oxygens (including phenoxy) is 1. The summed E-state index contributed by atoms with van der Waals surface area (Å²) in [5, 5.41) is 0. The van der Waals surface area contributed by atoms with E-state index in [2.05, 4.69) is 71.1 Å². The number of carbonyl (C=O) groups excluding carboxylic acids is 1. The van der Waals surface area contributed by atoms with E-state index in [-0.39, 0.29) is 17.1 Å². The monoisotopic (exact) mass is 475 g/mol. The second-order valence-electron chi connectivity index (χ2n) is 11.0. The summed E-state index contributed by atoms with van der Waals surface area (Å²) in [5.41, 5.74) is 2.55. The molecular formula is C30H41N3O2. The Morgan fingerprint density at radius 2 is 1.77 bits per heavy atom. The molecule has 0 atom stereocenters. The predicted octanol–water partition coefficient (Wildman–Crippen LogP) is 5.89. The van der Waals surface area contributed by atoms with E-state index in [1.165, 1.54) is 24.8 Å². The van der Waals surface area contributed by atoms with Crippen LogP contribution in [0.3, 0.4) is 0 Å². The predicted molar refractivity (Wildman–Crippen MR) is 140 cm³/mol. The number of hydrogen-bond donors (Lipinski definition) is 0. The molecule has 5 rings (SSSR count). The summed E-state index contributed by atoms with van der Waals surface area (Å²) >= 11 is 0. The molecule has 2 saturated carbocycles. The second-order valence-corrected chi connectivity index (χ2v) is 11.0. The zero-order valence-corrected chi connectivity index (χ0v) is 21.7. The van der Waals surface area contributed by atoms with Crippen molar-refractivity contribution in [3.05, 3.63) is 65.7 Å². The molecule has 188 valence electrons. The van der Waals surface area contributed by atoms with E-state index >= 15 is 0 Å². The molecule has 0 bridgehead atoms. The van der Waals surface area contributed by atoms with Gasteiger partial charge in [0.25, 0.3) is 0 Å².